The lowest BCUT2D eigenvalue weighted by Gasteiger charge is -2.08. The van der Waals surface area contributed by atoms with E-state index in [4.69, 9.17) is 18.0 Å². The number of aromatic nitrogens is 1. The van der Waals surface area contributed by atoms with Crippen molar-refractivity contribution in [3.8, 4) is 0 Å². The zero-order valence-corrected chi connectivity index (χ0v) is 11.9. The van der Waals surface area contributed by atoms with Crippen LogP contribution in [0.1, 0.15) is 24.6 Å². The van der Waals surface area contributed by atoms with Crippen LogP contribution in [0.3, 0.4) is 0 Å². The maximum atomic E-state index is 5.78. The van der Waals surface area contributed by atoms with Crippen LogP contribution >= 0.6 is 28.1 Å². The fourth-order valence-corrected chi connectivity index (χ4v) is 2.37. The molecule has 0 amide bonds. The molecule has 1 heterocycles. The van der Waals surface area contributed by atoms with Crippen molar-refractivity contribution in [2.24, 2.45) is 5.73 Å². The second-order valence-electron chi connectivity index (χ2n) is 3.94. The van der Waals surface area contributed by atoms with E-state index < -0.39 is 0 Å². The molecule has 1 aromatic carbocycles. The molecule has 88 valence electrons. The van der Waals surface area contributed by atoms with Crippen molar-refractivity contribution >= 4 is 44.0 Å². The smallest absolute Gasteiger partial charge is 0.104 e. The molecule has 0 saturated carbocycles. The molecule has 0 aliphatic heterocycles. The molecule has 0 bridgehead atoms. The quantitative estimate of drug-likeness (QED) is 0.881. The van der Waals surface area contributed by atoms with E-state index in [2.05, 4.69) is 27.8 Å². The van der Waals surface area contributed by atoms with Crippen LogP contribution in [0, 0.1) is 0 Å². The summed E-state index contributed by atoms with van der Waals surface area (Å²) in [4.78, 5) is 5.04. The average molecular weight is 309 g/mol. The molecule has 0 aliphatic carbocycles. The maximum Gasteiger partial charge on any atom is 0.104 e. The van der Waals surface area contributed by atoms with Crippen LogP contribution in [-0.2, 0) is 6.42 Å². The fourth-order valence-electron chi connectivity index (χ4n) is 1.84. The molecule has 2 rings (SSSR count). The minimum Gasteiger partial charge on any atom is -0.389 e. The molecule has 0 atom stereocenters. The predicted octanol–water partition coefficient (Wildman–Crippen LogP) is 3.58. The van der Waals surface area contributed by atoms with Gasteiger partial charge in [0.1, 0.15) is 4.99 Å². The molecule has 2 nitrogen and oxygen atoms in total. The van der Waals surface area contributed by atoms with Crippen molar-refractivity contribution in [3.05, 3.63) is 40.0 Å². The highest BCUT2D eigenvalue weighted by atomic mass is 79.9. The van der Waals surface area contributed by atoms with Crippen LogP contribution in [0.4, 0.5) is 0 Å². The van der Waals surface area contributed by atoms with Crippen LogP contribution in [0.15, 0.2) is 28.7 Å². The van der Waals surface area contributed by atoms with E-state index in [0.29, 0.717) is 4.99 Å². The van der Waals surface area contributed by atoms with Crippen molar-refractivity contribution in [2.45, 2.75) is 19.8 Å². The Morgan fingerprint density at radius 2 is 2.18 bits per heavy atom. The van der Waals surface area contributed by atoms with Crippen LogP contribution in [0.25, 0.3) is 10.9 Å². The third kappa shape index (κ3) is 2.64. The van der Waals surface area contributed by atoms with Gasteiger partial charge in [-0.15, -0.1) is 0 Å². The summed E-state index contributed by atoms with van der Waals surface area (Å²) in [5, 5.41) is 1.01. The molecule has 4 heteroatoms. The highest BCUT2D eigenvalue weighted by Gasteiger charge is 2.08. The fraction of sp³-hybridized carbons (Fsp3) is 0.231. The van der Waals surface area contributed by atoms with Gasteiger partial charge in [-0.05, 0) is 30.7 Å². The summed E-state index contributed by atoms with van der Waals surface area (Å²) in [6, 6.07) is 7.97. The van der Waals surface area contributed by atoms with Crippen LogP contribution < -0.4 is 5.73 Å². The molecule has 2 N–H and O–H groups in total. The van der Waals surface area contributed by atoms with Gasteiger partial charge in [-0.2, -0.15) is 0 Å². The molecular weight excluding hydrogens is 296 g/mol. The lowest BCUT2D eigenvalue weighted by atomic mass is 10.1. The number of pyridine rings is 1. The van der Waals surface area contributed by atoms with Crippen LogP contribution in [0.5, 0.6) is 0 Å². The molecule has 0 fully saturated rings. The van der Waals surface area contributed by atoms with Gasteiger partial charge in [-0.3, -0.25) is 4.98 Å². The Balaban J connectivity index is 2.72. The number of benzene rings is 1. The molecular formula is C13H13BrN2S. The molecule has 2 aromatic rings. The van der Waals surface area contributed by atoms with Crippen LogP contribution in [0.2, 0.25) is 0 Å². The number of fused-ring (bicyclic) bond motifs is 1. The molecule has 17 heavy (non-hydrogen) atoms. The Hall–Kier alpha value is -1.00. The van der Waals surface area contributed by atoms with E-state index in [-0.39, 0.29) is 0 Å². The number of thiocarbonyl (C=S) groups is 1. The van der Waals surface area contributed by atoms with Gasteiger partial charge in [0.2, 0.25) is 0 Å². The van der Waals surface area contributed by atoms with Crippen molar-refractivity contribution in [1.29, 1.82) is 0 Å². The van der Waals surface area contributed by atoms with E-state index in [1.165, 1.54) is 0 Å². The molecule has 0 spiro atoms. The zero-order valence-electron chi connectivity index (χ0n) is 9.53. The lowest BCUT2D eigenvalue weighted by molar-refractivity contribution is 0.889. The van der Waals surface area contributed by atoms with Gasteiger partial charge < -0.3 is 5.73 Å². The van der Waals surface area contributed by atoms with Crippen molar-refractivity contribution in [3.63, 3.8) is 0 Å². The minimum atomic E-state index is 0.424. The van der Waals surface area contributed by atoms with E-state index >= 15 is 0 Å². The minimum absolute atomic E-state index is 0.424. The van der Waals surface area contributed by atoms with Gasteiger partial charge in [-0.1, -0.05) is 41.5 Å². The topological polar surface area (TPSA) is 38.9 Å². The van der Waals surface area contributed by atoms with Gasteiger partial charge in [0.05, 0.1) is 5.52 Å². The Labute approximate surface area is 114 Å². The number of hydrogen-bond donors (Lipinski definition) is 1. The summed E-state index contributed by atoms with van der Waals surface area (Å²) in [7, 11) is 0. The number of rotatable bonds is 3. The monoisotopic (exact) mass is 308 g/mol. The maximum absolute atomic E-state index is 5.78. The summed E-state index contributed by atoms with van der Waals surface area (Å²) in [6.07, 6.45) is 2.01. The van der Waals surface area contributed by atoms with Crippen molar-refractivity contribution < 1.29 is 0 Å². The summed E-state index contributed by atoms with van der Waals surface area (Å²) in [5.41, 5.74) is 8.69. The number of aryl methyl sites for hydroxylation is 1. The largest absolute Gasteiger partial charge is 0.389 e. The Morgan fingerprint density at radius 1 is 1.41 bits per heavy atom. The molecule has 0 aliphatic rings. The van der Waals surface area contributed by atoms with Crippen LogP contribution in [-0.4, -0.2) is 9.97 Å². The Morgan fingerprint density at radius 3 is 2.82 bits per heavy atom. The molecule has 0 saturated heterocycles. The van der Waals surface area contributed by atoms with Crippen molar-refractivity contribution in [1.82, 2.24) is 4.98 Å². The van der Waals surface area contributed by atoms with Crippen molar-refractivity contribution in [2.75, 3.05) is 0 Å². The first-order valence-electron chi connectivity index (χ1n) is 5.51. The number of nitrogens with zero attached hydrogens (tertiary/aromatic N) is 1. The van der Waals surface area contributed by atoms with E-state index in [1.54, 1.807) is 0 Å². The van der Waals surface area contributed by atoms with Gasteiger partial charge in [-0.25, -0.2) is 0 Å². The normalized spacial score (nSPS) is 10.7. The Kier molecular flexibility index (Phi) is 3.74. The number of halogens is 1. The number of nitrogens with two attached hydrogens (primary N) is 1. The SMILES string of the molecule is CCCc1cc(C(N)=S)c2cc(Br)ccc2n1. The van der Waals surface area contributed by atoms with Gasteiger partial charge in [0, 0.05) is 21.1 Å². The lowest BCUT2D eigenvalue weighted by Crippen LogP contribution is -2.11. The van der Waals surface area contributed by atoms with E-state index in [9.17, 15) is 0 Å². The standard InChI is InChI=1S/C13H13BrN2S/c1-2-3-9-7-11(13(15)17)10-6-8(14)4-5-12(10)16-9/h4-7H,2-3H2,1H3,(H2,15,17). The van der Waals surface area contributed by atoms with E-state index in [0.717, 1.165) is 39.5 Å². The Bertz CT molecular complexity index is 581. The summed E-state index contributed by atoms with van der Waals surface area (Å²) in [6.45, 7) is 2.13. The van der Waals surface area contributed by atoms with E-state index in [1.807, 2.05) is 24.3 Å². The second kappa shape index (κ2) is 5.10. The molecule has 1 aromatic heterocycles. The number of hydrogen-bond acceptors (Lipinski definition) is 2. The summed E-state index contributed by atoms with van der Waals surface area (Å²) >= 11 is 8.56. The highest BCUT2D eigenvalue weighted by molar-refractivity contribution is 9.10. The third-order valence-electron chi connectivity index (χ3n) is 2.60. The first-order chi connectivity index (χ1) is 8.11. The first-order valence-corrected chi connectivity index (χ1v) is 6.71. The van der Waals surface area contributed by atoms with Gasteiger partial charge in [0.15, 0.2) is 0 Å². The average Bonchev–Trinajstić information content (AvgIpc) is 2.28. The third-order valence-corrected chi connectivity index (χ3v) is 3.31. The molecule has 0 unspecified atom stereocenters. The highest BCUT2D eigenvalue weighted by Crippen LogP contribution is 2.23. The summed E-state index contributed by atoms with van der Waals surface area (Å²) in [5.74, 6) is 0. The molecule has 0 radical (unpaired) electrons. The predicted molar refractivity (Wildman–Crippen MR) is 79.3 cm³/mol. The first kappa shape index (κ1) is 12.5. The van der Waals surface area contributed by atoms with Gasteiger partial charge >= 0.3 is 0 Å². The zero-order chi connectivity index (χ0) is 12.4. The summed E-state index contributed by atoms with van der Waals surface area (Å²) < 4.78 is 1.01. The van der Waals surface area contributed by atoms with Gasteiger partial charge in [0.25, 0.3) is 0 Å². The second-order valence-corrected chi connectivity index (χ2v) is 5.29.